The maximum absolute atomic E-state index is 11.4. The van der Waals surface area contributed by atoms with Gasteiger partial charge in [-0.3, -0.25) is 9.69 Å². The largest absolute Gasteiger partial charge is 0.481 e. The molecule has 0 aliphatic carbocycles. The van der Waals surface area contributed by atoms with Gasteiger partial charge in [0.1, 0.15) is 0 Å². The summed E-state index contributed by atoms with van der Waals surface area (Å²) >= 11 is 1.56. The number of carboxylic acids is 1. The fourth-order valence-corrected chi connectivity index (χ4v) is 3.37. The van der Waals surface area contributed by atoms with E-state index in [1.807, 2.05) is 24.4 Å². The van der Waals surface area contributed by atoms with Crippen molar-refractivity contribution in [3.8, 4) is 10.7 Å². The van der Waals surface area contributed by atoms with Gasteiger partial charge < -0.3 is 9.63 Å². The lowest BCUT2D eigenvalue weighted by molar-refractivity contribution is -0.148. The van der Waals surface area contributed by atoms with Gasteiger partial charge in [-0.1, -0.05) is 18.1 Å². The van der Waals surface area contributed by atoms with Crippen molar-refractivity contribution in [2.75, 3.05) is 13.1 Å². The van der Waals surface area contributed by atoms with Crippen molar-refractivity contribution < 1.29 is 14.4 Å². The van der Waals surface area contributed by atoms with Crippen LogP contribution in [0.1, 0.15) is 25.7 Å². The van der Waals surface area contributed by atoms with Crippen molar-refractivity contribution >= 4 is 17.3 Å². The molecular formula is C14H17N3O3S. The highest BCUT2D eigenvalue weighted by molar-refractivity contribution is 7.13. The van der Waals surface area contributed by atoms with E-state index >= 15 is 0 Å². The Labute approximate surface area is 126 Å². The molecule has 0 bridgehead atoms. The van der Waals surface area contributed by atoms with Crippen LogP contribution in [0.4, 0.5) is 0 Å². The number of carbonyl (C=O) groups is 1. The Morgan fingerprint density at radius 2 is 2.48 bits per heavy atom. The Bertz CT molecular complexity index is 625. The summed E-state index contributed by atoms with van der Waals surface area (Å²) in [6, 6.07) is 3.89. The van der Waals surface area contributed by atoms with Crippen LogP contribution in [0.3, 0.4) is 0 Å². The number of nitrogens with zero attached hydrogens (tertiary/aromatic N) is 3. The van der Waals surface area contributed by atoms with Crippen molar-refractivity contribution in [2.45, 2.75) is 26.3 Å². The highest BCUT2D eigenvalue weighted by Crippen LogP contribution is 2.34. The number of carboxylic acid groups (broad SMARTS) is 1. The second-order valence-electron chi connectivity index (χ2n) is 5.39. The van der Waals surface area contributed by atoms with Gasteiger partial charge in [0.05, 0.1) is 16.8 Å². The number of likely N-dealkylation sites (tertiary alicyclic amines) is 1. The molecule has 3 heterocycles. The Hall–Kier alpha value is -1.73. The zero-order valence-electron chi connectivity index (χ0n) is 11.8. The molecule has 7 heteroatoms. The lowest BCUT2D eigenvalue weighted by atomic mass is 9.84. The molecule has 2 aromatic heterocycles. The Balaban J connectivity index is 1.67. The lowest BCUT2D eigenvalue weighted by Gasteiger charge is -2.22. The SMILES string of the molecule is CCC1(C(=O)O)CCN(Cc2nc(-c3cccs3)no2)C1. The minimum Gasteiger partial charge on any atom is -0.481 e. The van der Waals surface area contributed by atoms with E-state index < -0.39 is 11.4 Å². The van der Waals surface area contributed by atoms with Crippen LogP contribution in [0.25, 0.3) is 10.7 Å². The quantitative estimate of drug-likeness (QED) is 0.914. The number of thiophene rings is 1. The Morgan fingerprint density at radius 1 is 1.62 bits per heavy atom. The van der Waals surface area contributed by atoms with Crippen molar-refractivity contribution in [1.29, 1.82) is 0 Å². The first-order valence-electron chi connectivity index (χ1n) is 6.95. The summed E-state index contributed by atoms with van der Waals surface area (Å²) in [4.78, 5) is 18.9. The van der Waals surface area contributed by atoms with Gasteiger partial charge in [-0.25, -0.2) is 0 Å². The van der Waals surface area contributed by atoms with E-state index in [4.69, 9.17) is 4.52 Å². The maximum atomic E-state index is 11.4. The fraction of sp³-hybridized carbons (Fsp3) is 0.500. The molecule has 1 fully saturated rings. The van der Waals surface area contributed by atoms with Crippen molar-refractivity contribution in [3.05, 3.63) is 23.4 Å². The van der Waals surface area contributed by atoms with Gasteiger partial charge in [0.15, 0.2) is 0 Å². The standard InChI is InChI=1S/C14H17N3O3S/c1-2-14(13(18)19)5-6-17(9-14)8-11-15-12(16-20-11)10-4-3-7-21-10/h3-4,7H,2,5-6,8-9H2,1H3,(H,18,19). The van der Waals surface area contributed by atoms with E-state index in [1.165, 1.54) is 0 Å². The van der Waals surface area contributed by atoms with Gasteiger partial charge >= 0.3 is 5.97 Å². The number of aromatic nitrogens is 2. The van der Waals surface area contributed by atoms with Crippen LogP contribution >= 0.6 is 11.3 Å². The minimum atomic E-state index is -0.711. The molecule has 0 aromatic carbocycles. The van der Waals surface area contributed by atoms with Gasteiger partial charge in [-0.05, 0) is 30.8 Å². The van der Waals surface area contributed by atoms with Crippen LogP contribution < -0.4 is 0 Å². The van der Waals surface area contributed by atoms with E-state index in [1.54, 1.807) is 11.3 Å². The monoisotopic (exact) mass is 307 g/mol. The fourth-order valence-electron chi connectivity index (χ4n) is 2.72. The molecule has 1 saturated heterocycles. The van der Waals surface area contributed by atoms with Gasteiger partial charge in [0.25, 0.3) is 0 Å². The van der Waals surface area contributed by atoms with Crippen molar-refractivity contribution in [1.82, 2.24) is 15.0 Å². The molecule has 112 valence electrons. The molecule has 2 aromatic rings. The molecule has 21 heavy (non-hydrogen) atoms. The average Bonchev–Trinajstić information content (AvgIpc) is 3.19. The molecule has 1 unspecified atom stereocenters. The normalized spacial score (nSPS) is 22.7. The number of aliphatic carboxylic acids is 1. The van der Waals surface area contributed by atoms with Crippen molar-refractivity contribution in [2.24, 2.45) is 5.41 Å². The highest BCUT2D eigenvalue weighted by Gasteiger charge is 2.43. The maximum Gasteiger partial charge on any atom is 0.310 e. The zero-order chi connectivity index (χ0) is 14.9. The molecule has 0 saturated carbocycles. The molecule has 6 nitrogen and oxygen atoms in total. The Morgan fingerprint density at radius 3 is 3.10 bits per heavy atom. The third-order valence-electron chi connectivity index (χ3n) is 4.13. The van der Waals surface area contributed by atoms with Crippen LogP contribution in [0.5, 0.6) is 0 Å². The van der Waals surface area contributed by atoms with E-state index in [2.05, 4.69) is 15.0 Å². The predicted octanol–water partition coefficient (Wildman–Crippen LogP) is 2.48. The van der Waals surface area contributed by atoms with Crippen molar-refractivity contribution in [3.63, 3.8) is 0 Å². The first-order chi connectivity index (χ1) is 10.1. The van der Waals surface area contributed by atoms with Crippen LogP contribution in [0.15, 0.2) is 22.0 Å². The van der Waals surface area contributed by atoms with E-state index in [9.17, 15) is 9.90 Å². The molecule has 0 radical (unpaired) electrons. The van der Waals surface area contributed by atoms with E-state index in [0.29, 0.717) is 37.6 Å². The third-order valence-corrected chi connectivity index (χ3v) is 5.00. The summed E-state index contributed by atoms with van der Waals surface area (Å²) in [5, 5.41) is 15.3. The first kappa shape index (κ1) is 14.2. The van der Waals surface area contributed by atoms with Gasteiger partial charge in [-0.2, -0.15) is 4.98 Å². The average molecular weight is 307 g/mol. The van der Waals surface area contributed by atoms with Crippen LogP contribution in [-0.4, -0.2) is 39.2 Å². The number of hydrogen-bond donors (Lipinski definition) is 1. The number of hydrogen-bond acceptors (Lipinski definition) is 6. The summed E-state index contributed by atoms with van der Waals surface area (Å²) < 4.78 is 5.27. The summed E-state index contributed by atoms with van der Waals surface area (Å²) in [6.07, 6.45) is 1.31. The molecule has 0 spiro atoms. The molecular weight excluding hydrogens is 290 g/mol. The molecule has 1 atom stereocenters. The smallest absolute Gasteiger partial charge is 0.310 e. The van der Waals surface area contributed by atoms with Crippen LogP contribution in [-0.2, 0) is 11.3 Å². The van der Waals surface area contributed by atoms with Gasteiger partial charge in [-0.15, -0.1) is 11.3 Å². The van der Waals surface area contributed by atoms with Gasteiger partial charge in [0, 0.05) is 6.54 Å². The van der Waals surface area contributed by atoms with Crippen LogP contribution in [0.2, 0.25) is 0 Å². The van der Waals surface area contributed by atoms with Gasteiger partial charge in [0.2, 0.25) is 11.7 Å². The third kappa shape index (κ3) is 2.71. The second kappa shape index (κ2) is 5.57. The second-order valence-corrected chi connectivity index (χ2v) is 6.34. The molecule has 0 amide bonds. The Kier molecular flexibility index (Phi) is 3.77. The topological polar surface area (TPSA) is 79.5 Å². The van der Waals surface area contributed by atoms with E-state index in [0.717, 1.165) is 11.4 Å². The summed E-state index contributed by atoms with van der Waals surface area (Å²) in [5.74, 6) is 0.423. The highest BCUT2D eigenvalue weighted by atomic mass is 32.1. The molecule has 3 rings (SSSR count). The number of rotatable bonds is 5. The predicted molar refractivity (Wildman–Crippen MR) is 77.9 cm³/mol. The zero-order valence-corrected chi connectivity index (χ0v) is 12.6. The first-order valence-corrected chi connectivity index (χ1v) is 7.83. The summed E-state index contributed by atoms with van der Waals surface area (Å²) in [6.45, 7) is 3.72. The molecule has 1 N–H and O–H groups in total. The lowest BCUT2D eigenvalue weighted by Crippen LogP contribution is -2.33. The van der Waals surface area contributed by atoms with Crippen LogP contribution in [0, 0.1) is 5.41 Å². The summed E-state index contributed by atoms with van der Waals surface area (Å²) in [7, 11) is 0. The molecule has 1 aliphatic rings. The molecule has 1 aliphatic heterocycles. The van der Waals surface area contributed by atoms with E-state index in [-0.39, 0.29) is 0 Å². The minimum absolute atomic E-state index is 0.507. The summed E-state index contributed by atoms with van der Waals surface area (Å²) in [5.41, 5.74) is -0.628.